The summed E-state index contributed by atoms with van der Waals surface area (Å²) in [7, 11) is 0. The van der Waals surface area contributed by atoms with Gasteiger partial charge in [-0.25, -0.2) is 9.18 Å². The number of hydrogen-bond donors (Lipinski definition) is 2. The molecule has 3 aromatic carbocycles. The molecule has 2 N–H and O–H groups in total. The van der Waals surface area contributed by atoms with Gasteiger partial charge in [-0.2, -0.15) is 4.98 Å². The molecule has 0 fully saturated rings. The molecule has 1 atom stereocenters. The number of aliphatic carboxylic acids is 1. The smallest absolute Gasteiger partial charge is 0.326 e. The van der Waals surface area contributed by atoms with E-state index in [2.05, 4.69) is 15.5 Å². The number of amides is 1. The molecule has 5 rings (SSSR count). The van der Waals surface area contributed by atoms with E-state index in [9.17, 15) is 14.7 Å². The van der Waals surface area contributed by atoms with Gasteiger partial charge in [0.15, 0.2) is 0 Å². The molecule has 39 heavy (non-hydrogen) atoms. The van der Waals surface area contributed by atoms with Crippen LogP contribution in [0.3, 0.4) is 0 Å². The van der Waals surface area contributed by atoms with Crippen LogP contribution in [0.25, 0.3) is 33.3 Å². The van der Waals surface area contributed by atoms with Gasteiger partial charge in [-0.1, -0.05) is 41.1 Å². The normalized spacial score (nSPS) is 11.8. The largest absolute Gasteiger partial charge is 0.480 e. The molecule has 0 saturated carbocycles. The van der Waals surface area contributed by atoms with Gasteiger partial charge in [0.1, 0.15) is 11.9 Å². The molecule has 9 heteroatoms. The van der Waals surface area contributed by atoms with Crippen LogP contribution in [-0.2, 0) is 11.2 Å². The summed E-state index contributed by atoms with van der Waals surface area (Å²) in [5.74, 6) is -2.03. The number of halogens is 1. The number of aromatic nitrogens is 2. The molecule has 0 spiro atoms. The SMILES string of the molecule is Cc1ccc(-c2nc(-c3ccc(C[C@@H](NC(=O)c4cccc(-c5ccc(C)s5)c4)C(=O)O)cc3F)no2)cc1. The van der Waals surface area contributed by atoms with Gasteiger partial charge in [0.2, 0.25) is 5.82 Å². The first-order valence-corrected chi connectivity index (χ1v) is 13.0. The van der Waals surface area contributed by atoms with Crippen LogP contribution >= 0.6 is 11.3 Å². The Hall–Kier alpha value is -4.63. The monoisotopic (exact) mass is 541 g/mol. The molecule has 0 aliphatic carbocycles. The Morgan fingerprint density at radius 2 is 1.79 bits per heavy atom. The van der Waals surface area contributed by atoms with Crippen molar-refractivity contribution >= 4 is 23.2 Å². The average molecular weight is 542 g/mol. The molecule has 0 aliphatic heterocycles. The maximum atomic E-state index is 15.0. The van der Waals surface area contributed by atoms with Crippen LogP contribution in [0, 0.1) is 19.7 Å². The third kappa shape index (κ3) is 5.94. The molecule has 2 aromatic heterocycles. The van der Waals surface area contributed by atoms with E-state index in [0.717, 1.165) is 20.9 Å². The van der Waals surface area contributed by atoms with E-state index >= 15 is 4.39 Å². The number of rotatable bonds is 8. The number of hydrogen-bond acceptors (Lipinski definition) is 6. The lowest BCUT2D eigenvalue weighted by Gasteiger charge is -2.15. The van der Waals surface area contributed by atoms with Crippen molar-refractivity contribution in [2.75, 3.05) is 0 Å². The molecule has 7 nitrogen and oxygen atoms in total. The van der Waals surface area contributed by atoms with Crippen LogP contribution in [0.4, 0.5) is 4.39 Å². The summed E-state index contributed by atoms with van der Waals surface area (Å²) < 4.78 is 20.3. The standard InChI is InChI=1S/C30H24FN3O4S/c1-17-6-10-20(11-7-17)29-33-27(34-38-29)23-12-9-19(14-24(23)31)15-25(30(36)37)32-28(35)22-5-3-4-21(16-22)26-13-8-18(2)39-26/h3-14,16,25H,15H2,1-2H3,(H,32,35)(H,36,37)/t25-/m1/s1. The van der Waals surface area contributed by atoms with Crippen LogP contribution in [0.2, 0.25) is 0 Å². The Kier molecular flexibility index (Phi) is 7.33. The summed E-state index contributed by atoms with van der Waals surface area (Å²) in [6.07, 6.45) is -0.108. The summed E-state index contributed by atoms with van der Waals surface area (Å²) in [5.41, 5.74) is 3.53. The Bertz CT molecular complexity index is 1660. The predicted molar refractivity (Wildman–Crippen MR) is 147 cm³/mol. The van der Waals surface area contributed by atoms with Gasteiger partial charge in [-0.3, -0.25) is 4.79 Å². The van der Waals surface area contributed by atoms with E-state index in [1.807, 2.05) is 56.3 Å². The van der Waals surface area contributed by atoms with Crippen LogP contribution in [0.15, 0.2) is 83.4 Å². The van der Waals surface area contributed by atoms with Gasteiger partial charge >= 0.3 is 5.97 Å². The van der Waals surface area contributed by atoms with Crippen molar-refractivity contribution in [2.45, 2.75) is 26.3 Å². The van der Waals surface area contributed by atoms with Gasteiger partial charge in [0, 0.05) is 27.3 Å². The van der Waals surface area contributed by atoms with E-state index in [4.69, 9.17) is 4.52 Å². The number of carboxylic acids is 1. The Morgan fingerprint density at radius 1 is 1.00 bits per heavy atom. The van der Waals surface area contributed by atoms with E-state index in [1.54, 1.807) is 35.6 Å². The van der Waals surface area contributed by atoms with Gasteiger partial charge in [0.05, 0.1) is 5.56 Å². The zero-order chi connectivity index (χ0) is 27.5. The van der Waals surface area contributed by atoms with Gasteiger partial charge < -0.3 is 14.9 Å². The number of carbonyl (C=O) groups excluding carboxylic acids is 1. The second-order valence-electron chi connectivity index (χ2n) is 9.16. The van der Waals surface area contributed by atoms with E-state index in [0.29, 0.717) is 16.7 Å². The third-order valence-electron chi connectivity index (χ3n) is 6.19. The number of nitrogens with one attached hydrogen (secondary N) is 1. The molecule has 0 saturated heterocycles. The maximum Gasteiger partial charge on any atom is 0.326 e. The number of thiophene rings is 1. The maximum absolute atomic E-state index is 15.0. The average Bonchev–Trinajstić information content (AvgIpc) is 3.58. The molecule has 196 valence electrons. The van der Waals surface area contributed by atoms with Gasteiger partial charge in [-0.05, 0) is 73.5 Å². The lowest BCUT2D eigenvalue weighted by Crippen LogP contribution is -2.42. The van der Waals surface area contributed by atoms with E-state index in [1.165, 1.54) is 12.1 Å². The second kappa shape index (κ2) is 11.0. The first-order valence-electron chi connectivity index (χ1n) is 12.2. The third-order valence-corrected chi connectivity index (χ3v) is 7.24. The van der Waals surface area contributed by atoms with Crippen molar-refractivity contribution in [1.82, 2.24) is 15.5 Å². The predicted octanol–water partition coefficient (Wildman–Crippen LogP) is 6.31. The summed E-state index contributed by atoms with van der Waals surface area (Å²) in [6.45, 7) is 3.97. The van der Waals surface area contributed by atoms with Crippen molar-refractivity contribution in [3.8, 4) is 33.3 Å². The molecule has 5 aromatic rings. The summed E-state index contributed by atoms with van der Waals surface area (Å²) in [6, 6.07) is 21.5. The summed E-state index contributed by atoms with van der Waals surface area (Å²) in [5, 5.41) is 16.2. The van der Waals surface area contributed by atoms with E-state index in [-0.39, 0.29) is 23.7 Å². The molecule has 0 bridgehead atoms. The molecule has 0 aliphatic rings. The topological polar surface area (TPSA) is 105 Å². The highest BCUT2D eigenvalue weighted by molar-refractivity contribution is 7.15. The number of benzene rings is 3. The van der Waals surface area contributed by atoms with E-state index < -0.39 is 23.7 Å². The van der Waals surface area contributed by atoms with Crippen LogP contribution < -0.4 is 5.32 Å². The molecular formula is C30H24FN3O4S. The number of aryl methyl sites for hydroxylation is 2. The van der Waals surface area contributed by atoms with Crippen molar-refractivity contribution in [3.05, 3.63) is 106 Å². The number of nitrogens with zero attached hydrogens (tertiary/aromatic N) is 2. The fraction of sp³-hybridized carbons (Fsp3) is 0.133. The number of carbonyl (C=O) groups is 2. The van der Waals surface area contributed by atoms with Crippen molar-refractivity contribution in [3.63, 3.8) is 0 Å². The first-order chi connectivity index (χ1) is 18.8. The second-order valence-corrected chi connectivity index (χ2v) is 10.5. The minimum Gasteiger partial charge on any atom is -0.480 e. The first kappa shape index (κ1) is 26.0. The Labute approximate surface area is 228 Å². The quantitative estimate of drug-likeness (QED) is 0.238. The van der Waals surface area contributed by atoms with Crippen LogP contribution in [0.1, 0.15) is 26.4 Å². The minimum absolute atomic E-state index is 0.0820. The fourth-order valence-corrected chi connectivity index (χ4v) is 4.96. The lowest BCUT2D eigenvalue weighted by molar-refractivity contribution is -0.139. The van der Waals surface area contributed by atoms with Gasteiger partial charge in [0.25, 0.3) is 11.8 Å². The van der Waals surface area contributed by atoms with Crippen LogP contribution in [0.5, 0.6) is 0 Å². The molecular weight excluding hydrogens is 517 g/mol. The zero-order valence-corrected chi connectivity index (χ0v) is 22.0. The number of carboxylic acid groups (broad SMARTS) is 1. The fourth-order valence-electron chi connectivity index (χ4n) is 4.09. The van der Waals surface area contributed by atoms with Crippen molar-refractivity contribution < 1.29 is 23.6 Å². The van der Waals surface area contributed by atoms with Crippen LogP contribution in [-0.4, -0.2) is 33.2 Å². The minimum atomic E-state index is -1.26. The lowest BCUT2D eigenvalue weighted by atomic mass is 10.0. The van der Waals surface area contributed by atoms with Crippen molar-refractivity contribution in [2.24, 2.45) is 0 Å². The molecule has 1 amide bonds. The summed E-state index contributed by atoms with van der Waals surface area (Å²) >= 11 is 1.61. The molecule has 0 radical (unpaired) electrons. The van der Waals surface area contributed by atoms with Crippen molar-refractivity contribution in [1.29, 1.82) is 0 Å². The van der Waals surface area contributed by atoms with Gasteiger partial charge in [-0.15, -0.1) is 11.3 Å². The molecule has 2 heterocycles. The Balaban J connectivity index is 1.30. The Morgan fingerprint density at radius 3 is 2.49 bits per heavy atom. The molecule has 0 unspecified atom stereocenters. The highest BCUT2D eigenvalue weighted by atomic mass is 32.1. The summed E-state index contributed by atoms with van der Waals surface area (Å²) in [4.78, 5) is 31.3. The highest BCUT2D eigenvalue weighted by Crippen LogP contribution is 2.28. The zero-order valence-electron chi connectivity index (χ0n) is 21.1. The highest BCUT2D eigenvalue weighted by Gasteiger charge is 2.23.